The van der Waals surface area contributed by atoms with Crippen molar-refractivity contribution in [3.63, 3.8) is 0 Å². The zero-order valence-corrected chi connectivity index (χ0v) is 12.5. The quantitative estimate of drug-likeness (QED) is 0.668. The van der Waals surface area contributed by atoms with Crippen LogP contribution in [-0.2, 0) is 4.74 Å². The Morgan fingerprint density at radius 3 is 2.75 bits per heavy atom. The van der Waals surface area contributed by atoms with E-state index in [1.165, 1.54) is 18.2 Å². The molecule has 8 heteroatoms. The Bertz CT molecular complexity index is 548. The fourth-order valence-electron chi connectivity index (χ4n) is 2.11. The summed E-state index contributed by atoms with van der Waals surface area (Å²) in [6.07, 6.45) is -0.585. The molecule has 1 atom stereocenters. The van der Waals surface area contributed by atoms with Crippen molar-refractivity contribution in [1.82, 2.24) is 5.32 Å². The maximum absolute atomic E-state index is 11.4. The topological polar surface area (TPSA) is 81.5 Å². The average Bonchev–Trinajstić information content (AvgIpc) is 2.32. The first kappa shape index (κ1) is 16.5. The lowest BCUT2D eigenvalue weighted by atomic mass is 9.80. The van der Waals surface area contributed by atoms with Crippen LogP contribution < -0.4 is 5.32 Å². The summed E-state index contributed by atoms with van der Waals surface area (Å²) in [6.45, 7) is 3.91. The summed E-state index contributed by atoms with van der Waals surface area (Å²) in [6, 6.07) is 3.79. The molecular weight excluding hydrogens is 307 g/mol. The van der Waals surface area contributed by atoms with Gasteiger partial charge in [0.15, 0.2) is 0 Å². The number of cyclic esters (lactones) is 1. The predicted octanol–water partition coefficient (Wildman–Crippen LogP) is 3.48. The molecule has 0 unspecified atom stereocenters. The molecule has 1 aromatic carbocycles. The monoisotopic (exact) mass is 320 g/mol. The van der Waals surface area contributed by atoms with Crippen molar-refractivity contribution in [2.45, 2.75) is 19.9 Å². The van der Waals surface area contributed by atoms with Crippen molar-refractivity contribution in [2.75, 3.05) is 6.61 Å². The smallest absolute Gasteiger partial charge is 0.407 e. The molecule has 1 heterocycles. The summed E-state index contributed by atoms with van der Waals surface area (Å²) in [4.78, 5) is 22.0. The maximum atomic E-state index is 11.4. The van der Waals surface area contributed by atoms with Gasteiger partial charge in [-0.05, 0) is 12.1 Å². The largest absolute Gasteiger partial charge is 0.449 e. The van der Waals surface area contributed by atoms with Gasteiger partial charge in [-0.1, -0.05) is 25.4 Å². The minimum absolute atomic E-state index is 0. The molecule has 1 aliphatic heterocycles. The van der Waals surface area contributed by atoms with Gasteiger partial charge in [0.2, 0.25) is 0 Å². The van der Waals surface area contributed by atoms with Crippen molar-refractivity contribution in [1.29, 1.82) is 0 Å². The first-order valence-electron chi connectivity index (χ1n) is 5.68. The number of hydrogen-bond acceptors (Lipinski definition) is 4. The van der Waals surface area contributed by atoms with Crippen molar-refractivity contribution in [2.24, 2.45) is 5.41 Å². The molecule has 6 nitrogen and oxygen atoms in total. The lowest BCUT2D eigenvalue weighted by Crippen LogP contribution is -2.47. The van der Waals surface area contributed by atoms with Crippen LogP contribution in [0.3, 0.4) is 0 Å². The number of carbonyl (C=O) groups excluding carboxylic acids is 1. The second-order valence-corrected chi connectivity index (χ2v) is 5.54. The van der Waals surface area contributed by atoms with E-state index in [9.17, 15) is 14.9 Å². The molecule has 1 amide bonds. The van der Waals surface area contributed by atoms with Gasteiger partial charge < -0.3 is 10.1 Å². The van der Waals surface area contributed by atoms with E-state index in [0.717, 1.165) is 0 Å². The van der Waals surface area contributed by atoms with Gasteiger partial charge in [0, 0.05) is 16.5 Å². The number of nitrogens with one attached hydrogen (secondary N) is 1. The molecule has 0 spiro atoms. The van der Waals surface area contributed by atoms with Crippen LogP contribution in [0.1, 0.15) is 25.5 Å². The Hall–Kier alpha value is -1.53. The van der Waals surface area contributed by atoms with Crippen LogP contribution in [0.5, 0.6) is 0 Å². The van der Waals surface area contributed by atoms with Gasteiger partial charge in [-0.3, -0.25) is 10.1 Å². The Kier molecular flexibility index (Phi) is 4.83. The van der Waals surface area contributed by atoms with Crippen LogP contribution >= 0.6 is 24.0 Å². The third-order valence-corrected chi connectivity index (χ3v) is 3.35. The van der Waals surface area contributed by atoms with E-state index < -0.39 is 22.5 Å². The molecule has 20 heavy (non-hydrogen) atoms. The normalized spacial score (nSPS) is 20.4. The fourth-order valence-corrected chi connectivity index (χ4v) is 2.29. The number of nitrogens with zero attached hydrogens (tertiary/aromatic N) is 1. The lowest BCUT2D eigenvalue weighted by Gasteiger charge is -2.38. The highest BCUT2D eigenvalue weighted by Crippen LogP contribution is 2.40. The molecule has 1 saturated heterocycles. The van der Waals surface area contributed by atoms with Crippen molar-refractivity contribution in [3.8, 4) is 0 Å². The van der Waals surface area contributed by atoms with Gasteiger partial charge >= 0.3 is 6.09 Å². The van der Waals surface area contributed by atoms with Gasteiger partial charge in [0.1, 0.15) is 6.61 Å². The van der Waals surface area contributed by atoms with Crippen LogP contribution in [0.2, 0.25) is 5.02 Å². The zero-order chi connectivity index (χ0) is 14.2. The molecule has 0 saturated carbocycles. The summed E-state index contributed by atoms with van der Waals surface area (Å²) >= 11 is 5.90. The van der Waals surface area contributed by atoms with Crippen LogP contribution in [-0.4, -0.2) is 17.6 Å². The van der Waals surface area contributed by atoms with Crippen LogP contribution in [0.25, 0.3) is 0 Å². The van der Waals surface area contributed by atoms with E-state index >= 15 is 0 Å². The molecule has 0 aliphatic carbocycles. The van der Waals surface area contributed by atoms with Crippen LogP contribution in [0.15, 0.2) is 18.2 Å². The summed E-state index contributed by atoms with van der Waals surface area (Å²) < 4.78 is 4.92. The molecule has 110 valence electrons. The van der Waals surface area contributed by atoms with Gasteiger partial charge in [0.25, 0.3) is 5.69 Å². The number of hydrogen-bond donors (Lipinski definition) is 1. The summed E-state index contributed by atoms with van der Waals surface area (Å²) in [7, 11) is 0. The fraction of sp³-hybridized carbons (Fsp3) is 0.417. The first-order chi connectivity index (χ1) is 8.81. The van der Waals surface area contributed by atoms with Crippen molar-refractivity contribution >= 4 is 35.8 Å². The zero-order valence-electron chi connectivity index (χ0n) is 10.9. The minimum Gasteiger partial charge on any atom is -0.449 e. The number of ether oxygens (including phenoxy) is 1. The Labute approximate surface area is 127 Å². The molecule has 0 radical (unpaired) electrons. The number of nitro groups is 1. The third kappa shape index (κ3) is 3.13. The SMILES string of the molecule is CC1(C)COC(=O)N[C@H]1c1cc(Cl)ccc1[N+](=O)[O-].Cl. The van der Waals surface area contributed by atoms with E-state index in [0.29, 0.717) is 10.6 Å². The highest BCUT2D eigenvalue weighted by molar-refractivity contribution is 6.30. The summed E-state index contributed by atoms with van der Waals surface area (Å²) in [5.74, 6) is 0. The van der Waals surface area contributed by atoms with E-state index in [1.807, 2.05) is 13.8 Å². The maximum Gasteiger partial charge on any atom is 0.407 e. The first-order valence-corrected chi connectivity index (χ1v) is 6.06. The van der Waals surface area contributed by atoms with E-state index in [4.69, 9.17) is 16.3 Å². The van der Waals surface area contributed by atoms with Crippen LogP contribution in [0, 0.1) is 15.5 Å². The number of rotatable bonds is 2. The van der Waals surface area contributed by atoms with Gasteiger partial charge in [-0.25, -0.2) is 4.79 Å². The second kappa shape index (κ2) is 5.85. The molecule has 2 rings (SSSR count). The number of nitro benzene ring substituents is 1. The lowest BCUT2D eigenvalue weighted by molar-refractivity contribution is -0.386. The standard InChI is InChI=1S/C12H13ClN2O4.ClH/c1-12(2)6-19-11(16)14-10(12)8-5-7(13)3-4-9(8)15(17)18;/h3-5,10H,6H2,1-2H3,(H,14,16);1H/t10-;/m0./s1. The van der Waals surface area contributed by atoms with Crippen molar-refractivity contribution < 1.29 is 14.5 Å². The Morgan fingerprint density at radius 2 is 2.15 bits per heavy atom. The molecule has 1 N–H and O–H groups in total. The van der Waals surface area contributed by atoms with E-state index in [1.54, 1.807) is 0 Å². The van der Waals surface area contributed by atoms with Gasteiger partial charge in [0.05, 0.1) is 16.5 Å². The molecule has 0 bridgehead atoms. The number of carbonyl (C=O) groups is 1. The van der Waals surface area contributed by atoms with E-state index in [2.05, 4.69) is 5.32 Å². The minimum atomic E-state index is -0.585. The predicted molar refractivity (Wildman–Crippen MR) is 76.4 cm³/mol. The van der Waals surface area contributed by atoms with E-state index in [-0.39, 0.29) is 24.7 Å². The molecule has 1 aromatic rings. The molecule has 1 fully saturated rings. The van der Waals surface area contributed by atoms with Crippen molar-refractivity contribution in [3.05, 3.63) is 38.9 Å². The third-order valence-electron chi connectivity index (χ3n) is 3.12. The number of halogens is 2. The van der Waals surface area contributed by atoms with Gasteiger partial charge in [-0.15, -0.1) is 12.4 Å². The number of amides is 1. The van der Waals surface area contributed by atoms with Gasteiger partial charge in [-0.2, -0.15) is 0 Å². The number of alkyl carbamates (subject to hydrolysis) is 1. The second-order valence-electron chi connectivity index (χ2n) is 5.10. The molecular formula is C12H14Cl2N2O4. The molecule has 0 aromatic heterocycles. The van der Waals surface area contributed by atoms with Crippen LogP contribution in [0.4, 0.5) is 10.5 Å². The highest BCUT2D eigenvalue weighted by Gasteiger charge is 2.41. The average molecular weight is 321 g/mol. The summed E-state index contributed by atoms with van der Waals surface area (Å²) in [5.41, 5.74) is -0.146. The summed E-state index contributed by atoms with van der Waals surface area (Å²) in [5, 5.41) is 14.1. The Morgan fingerprint density at radius 1 is 1.50 bits per heavy atom. The highest BCUT2D eigenvalue weighted by atomic mass is 35.5. The number of benzene rings is 1. The molecule has 1 aliphatic rings. The Balaban J connectivity index is 0.00000200.